The molecule has 5 rings (SSSR count). The number of benzene rings is 2. The fourth-order valence-electron chi connectivity index (χ4n) is 3.46. The molecule has 3 heterocycles. The number of morpholine rings is 1. The molecular formula is C21H21N3O7S2. The second-order valence-electron chi connectivity index (χ2n) is 7.44. The zero-order valence-corrected chi connectivity index (χ0v) is 19.3. The number of carbonyl (C=O) groups excluding carboxylic acids is 1. The molecule has 33 heavy (non-hydrogen) atoms. The van der Waals surface area contributed by atoms with Gasteiger partial charge >= 0.3 is 0 Å². The third-order valence-electron chi connectivity index (χ3n) is 5.23. The van der Waals surface area contributed by atoms with E-state index in [0.29, 0.717) is 54.6 Å². The Morgan fingerprint density at radius 1 is 1.12 bits per heavy atom. The Bertz CT molecular complexity index is 1300. The van der Waals surface area contributed by atoms with Crippen LogP contribution >= 0.6 is 11.8 Å². The minimum atomic E-state index is -3.64. The van der Waals surface area contributed by atoms with Crippen molar-refractivity contribution in [2.45, 2.75) is 22.3 Å². The number of oxazole rings is 1. The summed E-state index contributed by atoms with van der Waals surface area (Å²) in [5.74, 6) is 0.975. The minimum absolute atomic E-state index is 0.148. The average Bonchev–Trinajstić information content (AvgIpc) is 3.44. The molecule has 2 aliphatic heterocycles. The lowest BCUT2D eigenvalue weighted by Gasteiger charge is -2.25. The summed E-state index contributed by atoms with van der Waals surface area (Å²) in [6.45, 7) is 3.27. The van der Waals surface area contributed by atoms with E-state index in [1.54, 1.807) is 31.2 Å². The number of aromatic nitrogens is 1. The summed E-state index contributed by atoms with van der Waals surface area (Å²) in [6, 6.07) is 9.75. The van der Waals surface area contributed by atoms with Crippen molar-refractivity contribution in [2.75, 3.05) is 38.4 Å². The van der Waals surface area contributed by atoms with Crippen LogP contribution in [0.2, 0.25) is 0 Å². The number of ether oxygens (including phenoxy) is 3. The van der Waals surface area contributed by atoms with E-state index in [0.717, 1.165) is 11.8 Å². The zero-order valence-electron chi connectivity index (χ0n) is 17.6. The second kappa shape index (κ2) is 8.86. The third-order valence-corrected chi connectivity index (χ3v) is 8.07. The van der Waals surface area contributed by atoms with Gasteiger partial charge in [-0.3, -0.25) is 4.79 Å². The van der Waals surface area contributed by atoms with Crippen molar-refractivity contribution in [1.29, 1.82) is 0 Å². The van der Waals surface area contributed by atoms with Gasteiger partial charge in [-0.05, 0) is 37.3 Å². The topological polar surface area (TPSA) is 120 Å². The Kier molecular flexibility index (Phi) is 5.91. The molecule has 174 valence electrons. The summed E-state index contributed by atoms with van der Waals surface area (Å²) in [5.41, 5.74) is 1.45. The number of hydrogen-bond acceptors (Lipinski definition) is 9. The highest BCUT2D eigenvalue weighted by Crippen LogP contribution is 2.35. The second-order valence-corrected chi connectivity index (χ2v) is 10.7. The summed E-state index contributed by atoms with van der Waals surface area (Å²) in [4.78, 5) is 17.2. The molecule has 1 atom stereocenters. The van der Waals surface area contributed by atoms with Crippen molar-refractivity contribution in [2.24, 2.45) is 0 Å². The smallest absolute Gasteiger partial charge is 0.257 e. The van der Waals surface area contributed by atoms with Crippen molar-refractivity contribution in [1.82, 2.24) is 9.29 Å². The summed E-state index contributed by atoms with van der Waals surface area (Å²) in [7, 11) is -3.64. The van der Waals surface area contributed by atoms with Gasteiger partial charge in [0.15, 0.2) is 17.1 Å². The highest BCUT2D eigenvalue weighted by molar-refractivity contribution is 8.00. The number of amides is 1. The molecule has 0 saturated carbocycles. The highest BCUT2D eigenvalue weighted by Gasteiger charge is 2.27. The lowest BCUT2D eigenvalue weighted by Crippen LogP contribution is -2.40. The lowest BCUT2D eigenvalue weighted by molar-refractivity contribution is -0.115. The van der Waals surface area contributed by atoms with Gasteiger partial charge in [-0.15, -0.1) is 0 Å². The first-order valence-electron chi connectivity index (χ1n) is 10.3. The molecule has 0 radical (unpaired) electrons. The van der Waals surface area contributed by atoms with Gasteiger partial charge in [0.2, 0.25) is 22.7 Å². The molecule has 0 bridgehead atoms. The molecule has 0 unspecified atom stereocenters. The fourth-order valence-corrected chi connectivity index (χ4v) is 5.64. The molecule has 1 fully saturated rings. The third kappa shape index (κ3) is 4.51. The van der Waals surface area contributed by atoms with E-state index in [1.807, 2.05) is 0 Å². The quantitative estimate of drug-likeness (QED) is 0.519. The van der Waals surface area contributed by atoms with E-state index in [1.165, 1.54) is 16.4 Å². The van der Waals surface area contributed by atoms with Crippen LogP contribution < -0.4 is 14.8 Å². The summed E-state index contributed by atoms with van der Waals surface area (Å²) in [5, 5.41) is 2.59. The predicted octanol–water partition coefficient (Wildman–Crippen LogP) is 2.70. The van der Waals surface area contributed by atoms with Crippen molar-refractivity contribution < 1.29 is 31.8 Å². The highest BCUT2D eigenvalue weighted by atomic mass is 32.2. The number of thioether (sulfide) groups is 1. The largest absolute Gasteiger partial charge is 0.454 e. The first-order valence-corrected chi connectivity index (χ1v) is 12.6. The molecule has 2 aliphatic rings. The molecule has 1 aromatic heterocycles. The van der Waals surface area contributed by atoms with Gasteiger partial charge in [0.05, 0.1) is 23.4 Å². The maximum atomic E-state index is 12.9. The molecule has 1 amide bonds. The van der Waals surface area contributed by atoms with Gasteiger partial charge in [-0.25, -0.2) is 13.4 Å². The number of carbonyl (C=O) groups is 1. The van der Waals surface area contributed by atoms with Crippen LogP contribution in [0.5, 0.6) is 11.5 Å². The SMILES string of the molecule is C[C@@H](Sc1nc2cc(S(=O)(=O)N3CCOCC3)ccc2o1)C(=O)Nc1ccc2c(c1)OCO2. The van der Waals surface area contributed by atoms with E-state index in [-0.39, 0.29) is 22.8 Å². The van der Waals surface area contributed by atoms with Gasteiger partial charge in [-0.2, -0.15) is 4.31 Å². The van der Waals surface area contributed by atoms with Gasteiger partial charge < -0.3 is 23.9 Å². The molecule has 0 spiro atoms. The minimum Gasteiger partial charge on any atom is -0.454 e. The maximum Gasteiger partial charge on any atom is 0.257 e. The predicted molar refractivity (Wildman–Crippen MR) is 120 cm³/mol. The summed E-state index contributed by atoms with van der Waals surface area (Å²) < 4.78 is 48.7. The summed E-state index contributed by atoms with van der Waals surface area (Å²) >= 11 is 1.14. The Morgan fingerprint density at radius 2 is 1.91 bits per heavy atom. The monoisotopic (exact) mass is 491 g/mol. The van der Waals surface area contributed by atoms with Crippen molar-refractivity contribution in [3.8, 4) is 11.5 Å². The Balaban J connectivity index is 1.28. The van der Waals surface area contributed by atoms with Crippen LogP contribution in [-0.2, 0) is 19.6 Å². The van der Waals surface area contributed by atoms with Crippen LogP contribution in [0.4, 0.5) is 5.69 Å². The molecule has 2 aromatic carbocycles. The number of nitrogens with one attached hydrogen (secondary N) is 1. The van der Waals surface area contributed by atoms with E-state index in [4.69, 9.17) is 18.6 Å². The van der Waals surface area contributed by atoms with Crippen LogP contribution in [0.15, 0.2) is 50.9 Å². The van der Waals surface area contributed by atoms with Gasteiger partial charge in [0.25, 0.3) is 5.22 Å². The Morgan fingerprint density at radius 3 is 2.73 bits per heavy atom. The molecule has 1 N–H and O–H groups in total. The number of hydrogen-bond donors (Lipinski definition) is 1. The van der Waals surface area contributed by atoms with E-state index in [9.17, 15) is 13.2 Å². The first-order chi connectivity index (χ1) is 15.9. The van der Waals surface area contributed by atoms with E-state index < -0.39 is 15.3 Å². The number of anilines is 1. The normalized spacial score (nSPS) is 17.2. The maximum absolute atomic E-state index is 12.9. The van der Waals surface area contributed by atoms with Gasteiger partial charge in [-0.1, -0.05) is 11.8 Å². The molecular weight excluding hydrogens is 470 g/mol. The van der Waals surface area contributed by atoms with Crippen molar-refractivity contribution >= 4 is 44.5 Å². The van der Waals surface area contributed by atoms with E-state index in [2.05, 4.69) is 10.3 Å². The lowest BCUT2D eigenvalue weighted by atomic mass is 10.2. The van der Waals surface area contributed by atoms with Crippen LogP contribution in [0.25, 0.3) is 11.1 Å². The first kappa shape index (κ1) is 22.0. The van der Waals surface area contributed by atoms with Crippen molar-refractivity contribution in [3.63, 3.8) is 0 Å². The number of fused-ring (bicyclic) bond motifs is 2. The van der Waals surface area contributed by atoms with Gasteiger partial charge in [0.1, 0.15) is 5.52 Å². The molecule has 10 nitrogen and oxygen atoms in total. The Labute approximate surface area is 194 Å². The summed E-state index contributed by atoms with van der Waals surface area (Å²) in [6.07, 6.45) is 0. The molecule has 12 heteroatoms. The molecule has 3 aromatic rings. The Hall–Kier alpha value is -2.80. The van der Waals surface area contributed by atoms with Crippen LogP contribution in [0, 0.1) is 0 Å². The van der Waals surface area contributed by atoms with Crippen LogP contribution in [0.1, 0.15) is 6.92 Å². The number of nitrogens with zero attached hydrogens (tertiary/aromatic N) is 2. The number of sulfonamides is 1. The standard InChI is InChI=1S/C21H21N3O7S2/c1-13(20(25)22-14-2-4-18-19(10-14)30-12-29-18)32-21-23-16-11-15(3-5-17(16)31-21)33(26,27)24-6-8-28-9-7-24/h2-5,10-11,13H,6-9,12H2,1H3,(H,22,25)/t13-/m1/s1. The van der Waals surface area contributed by atoms with Crippen LogP contribution in [0.3, 0.4) is 0 Å². The van der Waals surface area contributed by atoms with Crippen molar-refractivity contribution in [3.05, 3.63) is 36.4 Å². The molecule has 0 aliphatic carbocycles. The van der Waals surface area contributed by atoms with E-state index >= 15 is 0 Å². The van der Waals surface area contributed by atoms with Crippen LogP contribution in [-0.4, -0.2) is 62.0 Å². The fraction of sp³-hybridized carbons (Fsp3) is 0.333. The zero-order chi connectivity index (χ0) is 23.0. The molecule has 1 saturated heterocycles. The van der Waals surface area contributed by atoms with Gasteiger partial charge in [0, 0.05) is 24.8 Å². The number of rotatable bonds is 6. The average molecular weight is 492 g/mol.